The lowest BCUT2D eigenvalue weighted by Gasteiger charge is -2.34. The van der Waals surface area contributed by atoms with Gasteiger partial charge in [0, 0.05) is 51.5 Å². The van der Waals surface area contributed by atoms with Crippen LogP contribution in [0.3, 0.4) is 0 Å². The van der Waals surface area contributed by atoms with Crippen LogP contribution in [0, 0.1) is 13.8 Å². The van der Waals surface area contributed by atoms with Crippen LogP contribution >= 0.6 is 15.9 Å². The third-order valence-corrected chi connectivity index (χ3v) is 6.80. The van der Waals surface area contributed by atoms with Crippen LogP contribution in [0.1, 0.15) is 17.5 Å². The van der Waals surface area contributed by atoms with Gasteiger partial charge in [-0.2, -0.15) is 0 Å². The van der Waals surface area contributed by atoms with Crippen LogP contribution < -0.4 is 9.62 Å². The van der Waals surface area contributed by atoms with E-state index >= 15 is 0 Å². The average Bonchev–Trinajstić information content (AvgIpc) is 2.70. The lowest BCUT2D eigenvalue weighted by atomic mass is 10.2. The average molecular weight is 482 g/mol. The summed E-state index contributed by atoms with van der Waals surface area (Å²) >= 11 is 3.31. The maximum absolute atomic E-state index is 12.5. The third kappa shape index (κ3) is 5.52. The number of halogens is 1. The molecule has 2 aromatic rings. The number of nitrogens with one attached hydrogen (secondary N) is 1. The molecule has 1 aliphatic heterocycles. The zero-order chi connectivity index (χ0) is 21.0. The van der Waals surface area contributed by atoms with Crippen LogP contribution in [0.5, 0.6) is 0 Å². The number of hydrogen-bond acceptors (Lipinski definition) is 6. The van der Waals surface area contributed by atoms with Crippen molar-refractivity contribution in [3.63, 3.8) is 0 Å². The highest BCUT2D eigenvalue weighted by atomic mass is 79.9. The van der Waals surface area contributed by atoms with Gasteiger partial charge in [0.05, 0.1) is 9.37 Å². The molecule has 0 saturated carbocycles. The number of aromatic nitrogens is 2. The van der Waals surface area contributed by atoms with Gasteiger partial charge in [0.25, 0.3) is 0 Å². The number of sulfonamides is 1. The standard InChI is InChI=1S/C19H24BrN5O3S/c1-14-3-4-15(2)17(11-14)29(27,28)23-6-5-18(26)24-7-9-25(10-8-24)19-21-12-16(20)13-22-19/h3-4,11-13,23H,5-10H2,1-2H3. The van der Waals surface area contributed by atoms with Crippen molar-refractivity contribution in [1.29, 1.82) is 0 Å². The maximum Gasteiger partial charge on any atom is 0.240 e. The van der Waals surface area contributed by atoms with Crippen molar-refractivity contribution >= 4 is 37.8 Å². The van der Waals surface area contributed by atoms with Crippen LogP contribution in [0.2, 0.25) is 0 Å². The van der Waals surface area contributed by atoms with E-state index in [-0.39, 0.29) is 23.8 Å². The molecule has 0 bridgehead atoms. The summed E-state index contributed by atoms with van der Waals surface area (Å²) in [4.78, 5) is 25.1. The number of nitrogens with zero attached hydrogens (tertiary/aromatic N) is 4. The topological polar surface area (TPSA) is 95.5 Å². The van der Waals surface area contributed by atoms with E-state index in [2.05, 4.69) is 30.6 Å². The molecule has 8 nitrogen and oxygen atoms in total. The van der Waals surface area contributed by atoms with Crippen LogP contribution in [0.25, 0.3) is 0 Å². The van der Waals surface area contributed by atoms with E-state index in [0.29, 0.717) is 37.7 Å². The number of carbonyl (C=O) groups excluding carboxylic acids is 1. The highest BCUT2D eigenvalue weighted by Gasteiger charge is 2.23. The Balaban J connectivity index is 1.49. The van der Waals surface area contributed by atoms with Crippen LogP contribution in [0.15, 0.2) is 40.0 Å². The molecule has 156 valence electrons. The maximum atomic E-state index is 12.5. The second-order valence-electron chi connectivity index (χ2n) is 6.99. The smallest absolute Gasteiger partial charge is 0.240 e. The van der Waals surface area contributed by atoms with Gasteiger partial charge in [-0.15, -0.1) is 0 Å². The predicted molar refractivity (Wildman–Crippen MR) is 114 cm³/mol. The van der Waals surface area contributed by atoms with Gasteiger partial charge in [0.1, 0.15) is 0 Å². The quantitative estimate of drug-likeness (QED) is 0.676. The minimum absolute atomic E-state index is 0.0648. The molecular formula is C19H24BrN5O3S. The number of piperazine rings is 1. The minimum Gasteiger partial charge on any atom is -0.339 e. The fraction of sp³-hybridized carbons (Fsp3) is 0.421. The first-order chi connectivity index (χ1) is 13.8. The van der Waals surface area contributed by atoms with E-state index in [4.69, 9.17) is 0 Å². The highest BCUT2D eigenvalue weighted by Crippen LogP contribution is 2.17. The summed E-state index contributed by atoms with van der Waals surface area (Å²) in [7, 11) is -3.64. The van der Waals surface area contributed by atoms with Gasteiger partial charge >= 0.3 is 0 Å². The first-order valence-electron chi connectivity index (χ1n) is 9.33. The fourth-order valence-electron chi connectivity index (χ4n) is 3.15. The summed E-state index contributed by atoms with van der Waals surface area (Å²) in [6.07, 6.45) is 3.52. The van der Waals surface area contributed by atoms with Crippen LogP contribution in [0.4, 0.5) is 5.95 Å². The second-order valence-corrected chi connectivity index (χ2v) is 9.64. The fourth-order valence-corrected chi connectivity index (χ4v) is 4.71. The molecule has 1 saturated heterocycles. The third-order valence-electron chi connectivity index (χ3n) is 4.79. The number of hydrogen-bond donors (Lipinski definition) is 1. The molecule has 1 amide bonds. The zero-order valence-corrected chi connectivity index (χ0v) is 18.8. The summed E-state index contributed by atoms with van der Waals surface area (Å²) in [6, 6.07) is 5.30. The molecule has 29 heavy (non-hydrogen) atoms. The number of benzene rings is 1. The Hall–Kier alpha value is -2.04. The Morgan fingerprint density at radius 3 is 2.45 bits per heavy atom. The Bertz CT molecular complexity index is 974. The van der Waals surface area contributed by atoms with E-state index in [0.717, 1.165) is 10.0 Å². The summed E-state index contributed by atoms with van der Waals surface area (Å²) in [6.45, 7) is 6.08. The number of carbonyl (C=O) groups is 1. The minimum atomic E-state index is -3.64. The van der Waals surface area contributed by atoms with Gasteiger partial charge in [-0.1, -0.05) is 12.1 Å². The van der Waals surface area contributed by atoms with Gasteiger partial charge in [-0.25, -0.2) is 23.1 Å². The molecule has 0 atom stereocenters. The van der Waals surface area contributed by atoms with Crippen molar-refractivity contribution in [2.75, 3.05) is 37.6 Å². The van der Waals surface area contributed by atoms with Gasteiger partial charge in [-0.3, -0.25) is 4.79 Å². The van der Waals surface area contributed by atoms with Crippen LogP contribution in [-0.4, -0.2) is 61.9 Å². The molecule has 1 aromatic heterocycles. The molecule has 0 radical (unpaired) electrons. The molecule has 0 spiro atoms. The Labute approximate surface area is 179 Å². The van der Waals surface area contributed by atoms with Gasteiger partial charge in [-0.05, 0) is 47.0 Å². The molecule has 10 heteroatoms. The number of rotatable bonds is 6. The van der Waals surface area contributed by atoms with Gasteiger partial charge < -0.3 is 9.80 Å². The monoisotopic (exact) mass is 481 g/mol. The number of amides is 1. The first-order valence-corrected chi connectivity index (χ1v) is 11.6. The molecule has 1 N–H and O–H groups in total. The summed E-state index contributed by atoms with van der Waals surface area (Å²) < 4.78 is 28.4. The van der Waals surface area contributed by atoms with Gasteiger partial charge in [0.15, 0.2) is 0 Å². The van der Waals surface area contributed by atoms with Crippen molar-refractivity contribution in [3.8, 4) is 0 Å². The lowest BCUT2D eigenvalue weighted by molar-refractivity contribution is -0.131. The normalized spacial score (nSPS) is 14.9. The van der Waals surface area contributed by atoms with Crippen molar-refractivity contribution in [2.24, 2.45) is 0 Å². The van der Waals surface area contributed by atoms with E-state index in [9.17, 15) is 13.2 Å². The summed E-state index contributed by atoms with van der Waals surface area (Å²) in [5.74, 6) is 0.576. The molecule has 3 rings (SSSR count). The second kappa shape index (κ2) is 9.19. The number of anilines is 1. The van der Waals surface area contributed by atoms with Crippen molar-refractivity contribution in [2.45, 2.75) is 25.2 Å². The molecule has 2 heterocycles. The van der Waals surface area contributed by atoms with Gasteiger partial charge in [0.2, 0.25) is 21.9 Å². The molecule has 1 aliphatic rings. The SMILES string of the molecule is Cc1ccc(C)c(S(=O)(=O)NCCC(=O)N2CCN(c3ncc(Br)cn3)CC2)c1. The Morgan fingerprint density at radius 1 is 1.14 bits per heavy atom. The van der Waals surface area contributed by atoms with Crippen molar-refractivity contribution < 1.29 is 13.2 Å². The van der Waals surface area contributed by atoms with E-state index in [1.807, 2.05) is 17.9 Å². The highest BCUT2D eigenvalue weighted by molar-refractivity contribution is 9.10. The molecular weight excluding hydrogens is 458 g/mol. The molecule has 1 fully saturated rings. The predicted octanol–water partition coefficient (Wildman–Crippen LogP) is 1.87. The van der Waals surface area contributed by atoms with E-state index in [1.165, 1.54) is 0 Å². The first kappa shape index (κ1) is 21.7. The summed E-state index contributed by atoms with van der Waals surface area (Å²) in [5, 5.41) is 0. The Kier molecular flexibility index (Phi) is 6.86. The largest absolute Gasteiger partial charge is 0.339 e. The van der Waals surface area contributed by atoms with Crippen molar-refractivity contribution in [1.82, 2.24) is 19.6 Å². The summed E-state index contributed by atoms with van der Waals surface area (Å²) in [5.41, 5.74) is 1.56. The van der Waals surface area contributed by atoms with E-state index in [1.54, 1.807) is 36.4 Å². The zero-order valence-electron chi connectivity index (χ0n) is 16.4. The number of aryl methyl sites for hydroxylation is 2. The molecule has 1 aromatic carbocycles. The Morgan fingerprint density at radius 2 is 1.79 bits per heavy atom. The molecule has 0 aliphatic carbocycles. The van der Waals surface area contributed by atoms with E-state index < -0.39 is 10.0 Å². The molecule has 0 unspecified atom stereocenters. The van der Waals surface area contributed by atoms with Crippen molar-refractivity contribution in [3.05, 3.63) is 46.2 Å². The lowest BCUT2D eigenvalue weighted by Crippen LogP contribution is -2.49. The van der Waals surface area contributed by atoms with Crippen LogP contribution in [-0.2, 0) is 14.8 Å².